The molecule has 4 N–H and O–H groups in total. The molecular weight excluding hydrogens is 206 g/mol. The first-order valence-electron chi connectivity index (χ1n) is 5.18. The molecule has 1 aromatic rings. The number of nitrogens with two attached hydrogens (primary N) is 1. The number of nitrogen functional groups attached to an aromatic ring is 1. The highest BCUT2D eigenvalue weighted by atomic mass is 16.1. The molecule has 1 amide bonds. The van der Waals surface area contributed by atoms with Crippen molar-refractivity contribution in [2.75, 3.05) is 17.6 Å². The smallest absolute Gasteiger partial charge is 0.221 e. The van der Waals surface area contributed by atoms with Gasteiger partial charge in [-0.15, -0.1) is 0 Å². The molecule has 0 radical (unpaired) electrons. The average molecular weight is 223 g/mol. The maximum absolute atomic E-state index is 11.3. The lowest BCUT2D eigenvalue weighted by Crippen LogP contribution is -2.31. The Balaban J connectivity index is 2.25. The van der Waals surface area contributed by atoms with Crippen LogP contribution in [0.1, 0.15) is 20.3 Å². The summed E-state index contributed by atoms with van der Waals surface area (Å²) in [6.07, 6.45) is 3.41. The molecular formula is C10H17N5O. The number of hydrogen-bond donors (Lipinski definition) is 3. The third kappa shape index (κ3) is 4.59. The van der Waals surface area contributed by atoms with Gasteiger partial charge in [-0.1, -0.05) is 0 Å². The minimum Gasteiger partial charge on any atom is -0.382 e. The highest BCUT2D eigenvalue weighted by molar-refractivity contribution is 5.76. The van der Waals surface area contributed by atoms with Crippen LogP contribution in [0.5, 0.6) is 0 Å². The van der Waals surface area contributed by atoms with E-state index >= 15 is 0 Å². The van der Waals surface area contributed by atoms with Crippen molar-refractivity contribution >= 4 is 17.5 Å². The number of amides is 1. The van der Waals surface area contributed by atoms with E-state index in [1.54, 1.807) is 0 Å². The van der Waals surface area contributed by atoms with E-state index in [-0.39, 0.29) is 11.9 Å². The van der Waals surface area contributed by atoms with Crippen LogP contribution in [0.15, 0.2) is 12.4 Å². The lowest BCUT2D eigenvalue weighted by atomic mass is 10.3. The number of rotatable bonds is 5. The maximum atomic E-state index is 11.3. The van der Waals surface area contributed by atoms with Gasteiger partial charge in [0.05, 0.1) is 12.4 Å². The average Bonchev–Trinajstić information content (AvgIpc) is 2.20. The minimum atomic E-state index is 0.0194. The van der Waals surface area contributed by atoms with Crippen molar-refractivity contribution < 1.29 is 4.79 Å². The van der Waals surface area contributed by atoms with Gasteiger partial charge in [0.25, 0.3) is 0 Å². The van der Waals surface area contributed by atoms with E-state index < -0.39 is 0 Å². The van der Waals surface area contributed by atoms with Crippen molar-refractivity contribution in [3.8, 4) is 0 Å². The van der Waals surface area contributed by atoms with Gasteiger partial charge < -0.3 is 16.4 Å². The van der Waals surface area contributed by atoms with Gasteiger partial charge in [-0.2, -0.15) is 0 Å². The molecule has 0 saturated carbocycles. The standard InChI is InChI=1S/C10H17N5O/c1-7(2)15-10(16)3-4-12-9-6-13-8(11)5-14-9/h5-7H,3-4H2,1-2H3,(H2,11,13)(H,12,14)(H,15,16). The van der Waals surface area contributed by atoms with Crippen molar-refractivity contribution in [3.05, 3.63) is 12.4 Å². The summed E-state index contributed by atoms with van der Waals surface area (Å²) in [4.78, 5) is 19.2. The number of anilines is 2. The molecule has 6 nitrogen and oxygen atoms in total. The van der Waals surface area contributed by atoms with Crippen LogP contribution in [-0.2, 0) is 4.79 Å². The molecule has 16 heavy (non-hydrogen) atoms. The first-order chi connectivity index (χ1) is 7.58. The fourth-order valence-corrected chi connectivity index (χ4v) is 1.13. The molecule has 0 atom stereocenters. The van der Waals surface area contributed by atoms with E-state index in [1.807, 2.05) is 13.8 Å². The van der Waals surface area contributed by atoms with Gasteiger partial charge in [0.2, 0.25) is 5.91 Å². The zero-order chi connectivity index (χ0) is 12.0. The van der Waals surface area contributed by atoms with Gasteiger partial charge in [-0.25, -0.2) is 9.97 Å². The van der Waals surface area contributed by atoms with E-state index in [4.69, 9.17) is 5.73 Å². The van der Waals surface area contributed by atoms with Gasteiger partial charge in [0, 0.05) is 19.0 Å². The summed E-state index contributed by atoms with van der Waals surface area (Å²) < 4.78 is 0. The highest BCUT2D eigenvalue weighted by Crippen LogP contribution is 2.01. The Morgan fingerprint density at radius 2 is 2.19 bits per heavy atom. The van der Waals surface area contributed by atoms with Crippen LogP contribution in [0.25, 0.3) is 0 Å². The topological polar surface area (TPSA) is 92.9 Å². The fraction of sp³-hybridized carbons (Fsp3) is 0.500. The Hall–Kier alpha value is -1.85. The van der Waals surface area contributed by atoms with Crippen molar-refractivity contribution in [2.24, 2.45) is 0 Å². The van der Waals surface area contributed by atoms with Crippen molar-refractivity contribution in [1.82, 2.24) is 15.3 Å². The lowest BCUT2D eigenvalue weighted by Gasteiger charge is -2.08. The normalized spacial score (nSPS) is 10.2. The largest absolute Gasteiger partial charge is 0.382 e. The SMILES string of the molecule is CC(C)NC(=O)CCNc1cnc(N)cn1. The Morgan fingerprint density at radius 3 is 2.75 bits per heavy atom. The highest BCUT2D eigenvalue weighted by Gasteiger charge is 2.02. The van der Waals surface area contributed by atoms with Crippen molar-refractivity contribution in [2.45, 2.75) is 26.3 Å². The number of carbonyl (C=O) groups is 1. The Kier molecular flexibility index (Phi) is 4.50. The molecule has 0 saturated heterocycles. The molecule has 0 aliphatic carbocycles. The van der Waals surface area contributed by atoms with Crippen molar-refractivity contribution in [1.29, 1.82) is 0 Å². The molecule has 1 aromatic heterocycles. The van der Waals surface area contributed by atoms with Gasteiger partial charge >= 0.3 is 0 Å². The Bertz CT molecular complexity index is 336. The van der Waals surface area contributed by atoms with E-state index in [1.165, 1.54) is 12.4 Å². The molecule has 6 heteroatoms. The summed E-state index contributed by atoms with van der Waals surface area (Å²) in [5, 5.41) is 5.79. The second-order valence-electron chi connectivity index (χ2n) is 3.73. The van der Waals surface area contributed by atoms with Crippen LogP contribution >= 0.6 is 0 Å². The molecule has 0 spiro atoms. The predicted molar refractivity (Wildman–Crippen MR) is 62.8 cm³/mol. The van der Waals surface area contributed by atoms with Gasteiger partial charge in [0.1, 0.15) is 11.6 Å². The molecule has 0 aliphatic rings. The minimum absolute atomic E-state index is 0.0194. The zero-order valence-corrected chi connectivity index (χ0v) is 9.53. The fourth-order valence-electron chi connectivity index (χ4n) is 1.13. The predicted octanol–water partition coefficient (Wildman–Crippen LogP) is 0.385. The van der Waals surface area contributed by atoms with E-state index in [0.717, 1.165) is 0 Å². The quantitative estimate of drug-likeness (QED) is 0.671. The van der Waals surface area contributed by atoms with E-state index in [2.05, 4.69) is 20.6 Å². The first-order valence-corrected chi connectivity index (χ1v) is 5.18. The molecule has 0 fully saturated rings. The Labute approximate surface area is 94.7 Å². The second kappa shape index (κ2) is 5.89. The summed E-state index contributed by atoms with van der Waals surface area (Å²) in [5.41, 5.74) is 5.39. The summed E-state index contributed by atoms with van der Waals surface area (Å²) in [6.45, 7) is 4.38. The molecule has 0 aliphatic heterocycles. The first kappa shape index (κ1) is 12.2. The number of hydrogen-bond acceptors (Lipinski definition) is 5. The van der Waals surface area contributed by atoms with Crippen LogP contribution in [-0.4, -0.2) is 28.5 Å². The van der Waals surface area contributed by atoms with Gasteiger partial charge in [-0.3, -0.25) is 4.79 Å². The van der Waals surface area contributed by atoms with Crippen LogP contribution in [0.4, 0.5) is 11.6 Å². The molecule has 0 bridgehead atoms. The molecule has 0 aromatic carbocycles. The van der Waals surface area contributed by atoms with Crippen LogP contribution in [0.2, 0.25) is 0 Å². The van der Waals surface area contributed by atoms with Gasteiger partial charge in [0.15, 0.2) is 0 Å². The summed E-state index contributed by atoms with van der Waals surface area (Å²) in [5.74, 6) is 1.01. The number of aromatic nitrogens is 2. The molecule has 0 unspecified atom stereocenters. The number of nitrogens with one attached hydrogen (secondary N) is 2. The second-order valence-corrected chi connectivity index (χ2v) is 3.73. The lowest BCUT2D eigenvalue weighted by molar-refractivity contribution is -0.121. The van der Waals surface area contributed by atoms with Crippen LogP contribution in [0, 0.1) is 0 Å². The number of carbonyl (C=O) groups excluding carboxylic acids is 1. The Morgan fingerprint density at radius 1 is 1.44 bits per heavy atom. The summed E-state index contributed by atoms with van der Waals surface area (Å²) in [6, 6.07) is 0.170. The maximum Gasteiger partial charge on any atom is 0.221 e. The summed E-state index contributed by atoms with van der Waals surface area (Å²) >= 11 is 0. The molecule has 88 valence electrons. The van der Waals surface area contributed by atoms with Crippen LogP contribution < -0.4 is 16.4 Å². The number of nitrogens with zero attached hydrogens (tertiary/aromatic N) is 2. The van der Waals surface area contributed by atoms with Crippen molar-refractivity contribution in [3.63, 3.8) is 0 Å². The third-order valence-corrected chi connectivity index (χ3v) is 1.78. The monoisotopic (exact) mass is 223 g/mol. The third-order valence-electron chi connectivity index (χ3n) is 1.78. The molecule has 1 heterocycles. The zero-order valence-electron chi connectivity index (χ0n) is 9.53. The molecule has 1 rings (SSSR count). The van der Waals surface area contributed by atoms with E-state index in [0.29, 0.717) is 24.6 Å². The van der Waals surface area contributed by atoms with Gasteiger partial charge in [-0.05, 0) is 13.8 Å². The van der Waals surface area contributed by atoms with E-state index in [9.17, 15) is 4.79 Å². The summed E-state index contributed by atoms with van der Waals surface area (Å²) in [7, 11) is 0. The van der Waals surface area contributed by atoms with Crippen LogP contribution in [0.3, 0.4) is 0 Å².